The number of hydrogen-bond acceptors (Lipinski definition) is 3. The summed E-state index contributed by atoms with van der Waals surface area (Å²) in [5.41, 5.74) is 2.49. The van der Waals surface area contributed by atoms with Gasteiger partial charge in [0, 0.05) is 39.9 Å². The van der Waals surface area contributed by atoms with E-state index in [0.29, 0.717) is 12.0 Å². The van der Waals surface area contributed by atoms with Crippen LogP contribution in [0.15, 0.2) is 57.2 Å². The second kappa shape index (κ2) is 7.40. The Labute approximate surface area is 170 Å². The molecule has 0 amide bonds. The number of fused-ring (bicyclic) bond motifs is 5. The van der Waals surface area contributed by atoms with Gasteiger partial charge in [-0.3, -0.25) is 4.99 Å². The predicted molar refractivity (Wildman–Crippen MR) is 115 cm³/mol. The van der Waals surface area contributed by atoms with Gasteiger partial charge in [-0.05, 0) is 62.4 Å². The average Bonchev–Trinajstić information content (AvgIpc) is 2.71. The van der Waals surface area contributed by atoms with Crippen LogP contribution < -0.4 is 10.2 Å². The minimum atomic E-state index is 0.675. The summed E-state index contributed by atoms with van der Waals surface area (Å²) in [7, 11) is 0. The highest BCUT2D eigenvalue weighted by molar-refractivity contribution is 7.99. The number of aliphatic imine (C=N–C) groups is 1. The minimum Gasteiger partial charge on any atom is -0.371 e. The van der Waals surface area contributed by atoms with Crippen molar-refractivity contribution in [3.8, 4) is 0 Å². The molecule has 6 rings (SSSR count). The summed E-state index contributed by atoms with van der Waals surface area (Å²) < 4.78 is 0. The molecule has 2 aromatic carbocycles. The predicted octanol–water partition coefficient (Wildman–Crippen LogP) is 5.89. The number of nitrogens with one attached hydrogen (secondary N) is 1. The zero-order valence-electron chi connectivity index (χ0n) is 15.3. The lowest BCUT2D eigenvalue weighted by atomic mass is 9.80. The van der Waals surface area contributed by atoms with Crippen LogP contribution in [0, 0.1) is 5.92 Å². The Balaban J connectivity index is 1.32. The van der Waals surface area contributed by atoms with E-state index in [-0.39, 0.29) is 0 Å². The number of anilines is 2. The topological polar surface area (TPSA) is 27.6 Å². The van der Waals surface area contributed by atoms with Gasteiger partial charge < -0.3 is 10.2 Å². The van der Waals surface area contributed by atoms with Crippen LogP contribution in [0.1, 0.15) is 32.1 Å². The summed E-state index contributed by atoms with van der Waals surface area (Å²) in [5, 5.41) is 4.44. The molecule has 0 atom stereocenters. The lowest BCUT2D eigenvalue weighted by molar-refractivity contribution is 0.318. The van der Waals surface area contributed by atoms with Crippen molar-refractivity contribution in [2.45, 2.75) is 47.9 Å². The number of amidine groups is 1. The number of benzene rings is 2. The molecule has 3 aliphatic heterocycles. The van der Waals surface area contributed by atoms with Gasteiger partial charge in [0.05, 0.1) is 17.2 Å². The number of piperidine rings is 2. The molecule has 2 aromatic rings. The van der Waals surface area contributed by atoms with Crippen molar-refractivity contribution in [3.63, 3.8) is 0 Å². The molecule has 3 heterocycles. The monoisotopic (exact) mass is 397 g/mol. The maximum atomic E-state index is 6.30. The van der Waals surface area contributed by atoms with Crippen molar-refractivity contribution in [1.82, 2.24) is 5.32 Å². The van der Waals surface area contributed by atoms with Crippen molar-refractivity contribution in [2.75, 3.05) is 18.0 Å². The van der Waals surface area contributed by atoms with Gasteiger partial charge in [0.15, 0.2) is 0 Å². The molecule has 3 fully saturated rings. The van der Waals surface area contributed by atoms with Gasteiger partial charge in [-0.2, -0.15) is 0 Å². The lowest BCUT2D eigenvalue weighted by Gasteiger charge is -2.38. The Morgan fingerprint density at radius 1 is 1.04 bits per heavy atom. The highest BCUT2D eigenvalue weighted by Gasteiger charge is 2.31. The van der Waals surface area contributed by atoms with Crippen LogP contribution in [0.2, 0.25) is 5.02 Å². The molecule has 4 aliphatic rings. The second-order valence-electron chi connectivity index (χ2n) is 7.65. The number of hydrogen-bond donors (Lipinski definition) is 1. The molecule has 3 nitrogen and oxygen atoms in total. The maximum absolute atomic E-state index is 6.30. The molecule has 27 heavy (non-hydrogen) atoms. The average molecular weight is 398 g/mol. The van der Waals surface area contributed by atoms with Crippen molar-refractivity contribution in [2.24, 2.45) is 10.9 Å². The molecule has 1 N–H and O–H groups in total. The molecule has 5 heteroatoms. The highest BCUT2D eigenvalue weighted by atomic mass is 35.5. The fourth-order valence-electron chi connectivity index (χ4n) is 4.48. The van der Waals surface area contributed by atoms with Gasteiger partial charge in [-0.25, -0.2) is 0 Å². The molecule has 1 saturated carbocycles. The summed E-state index contributed by atoms with van der Waals surface area (Å²) in [6.07, 6.45) is 6.32. The van der Waals surface area contributed by atoms with Crippen LogP contribution >= 0.6 is 23.4 Å². The highest BCUT2D eigenvalue weighted by Crippen LogP contribution is 2.48. The first-order valence-corrected chi connectivity index (χ1v) is 11.1. The Bertz CT molecular complexity index is 874. The van der Waals surface area contributed by atoms with Crippen LogP contribution in [-0.2, 0) is 0 Å². The van der Waals surface area contributed by atoms with Crippen molar-refractivity contribution >= 4 is 40.6 Å². The summed E-state index contributed by atoms with van der Waals surface area (Å²) in [4.78, 5) is 9.92. The van der Waals surface area contributed by atoms with E-state index in [1.807, 2.05) is 17.8 Å². The van der Waals surface area contributed by atoms with Gasteiger partial charge >= 0.3 is 0 Å². The molecule has 2 saturated heterocycles. The van der Waals surface area contributed by atoms with Crippen molar-refractivity contribution < 1.29 is 0 Å². The van der Waals surface area contributed by atoms with Crippen LogP contribution in [0.5, 0.6) is 0 Å². The first-order valence-electron chi connectivity index (χ1n) is 9.93. The summed E-state index contributed by atoms with van der Waals surface area (Å²) in [5.74, 6) is 1.96. The standard InChI is InChI=1S/C22H24ClN3S/c23-16-8-11-21-19(14-16)26(18-4-1-2-5-20(18)27-21)13-3-12-24-22-15-6-9-17(25-22)10-7-15/h1-2,4-5,8,11,14-15,17H,3,6-7,9-10,12-13H2,(H,24,25). The molecular weight excluding hydrogens is 374 g/mol. The van der Waals surface area contributed by atoms with E-state index in [9.17, 15) is 0 Å². The maximum Gasteiger partial charge on any atom is 0.0996 e. The quantitative estimate of drug-likeness (QED) is 0.651. The zero-order chi connectivity index (χ0) is 18.2. The first-order chi connectivity index (χ1) is 13.3. The van der Waals surface area contributed by atoms with Gasteiger partial charge in [0.25, 0.3) is 0 Å². The van der Waals surface area contributed by atoms with Crippen LogP contribution in [0.25, 0.3) is 0 Å². The van der Waals surface area contributed by atoms with Crippen molar-refractivity contribution in [1.29, 1.82) is 0 Å². The molecule has 2 bridgehead atoms. The van der Waals surface area contributed by atoms with Crippen LogP contribution in [0.4, 0.5) is 11.4 Å². The minimum absolute atomic E-state index is 0.675. The van der Waals surface area contributed by atoms with E-state index in [0.717, 1.165) is 24.5 Å². The Morgan fingerprint density at radius 3 is 2.67 bits per heavy atom. The van der Waals surface area contributed by atoms with Crippen molar-refractivity contribution in [3.05, 3.63) is 47.5 Å². The van der Waals surface area contributed by atoms with E-state index in [4.69, 9.17) is 16.6 Å². The Morgan fingerprint density at radius 2 is 1.85 bits per heavy atom. The van der Waals surface area contributed by atoms with E-state index in [1.54, 1.807) is 0 Å². The fraction of sp³-hybridized carbons (Fsp3) is 0.409. The first kappa shape index (κ1) is 17.4. The Kier molecular flexibility index (Phi) is 4.78. The Hall–Kier alpha value is -1.65. The van der Waals surface area contributed by atoms with Gasteiger partial charge in [-0.15, -0.1) is 0 Å². The molecule has 140 valence electrons. The van der Waals surface area contributed by atoms with Crippen LogP contribution in [-0.4, -0.2) is 25.0 Å². The third-order valence-electron chi connectivity index (χ3n) is 5.88. The fourth-order valence-corrected chi connectivity index (χ4v) is 5.73. The SMILES string of the molecule is Clc1ccc2c(c1)N(CCCN=C1NC3CCC1CC3)c1ccccc1S2. The van der Waals surface area contributed by atoms with E-state index < -0.39 is 0 Å². The number of halogens is 1. The number of nitrogens with zero attached hydrogens (tertiary/aromatic N) is 2. The molecule has 1 aliphatic carbocycles. The van der Waals surface area contributed by atoms with Crippen LogP contribution in [0.3, 0.4) is 0 Å². The molecule has 0 radical (unpaired) electrons. The normalized spacial score (nSPS) is 24.5. The summed E-state index contributed by atoms with van der Waals surface area (Å²) >= 11 is 8.13. The van der Waals surface area contributed by atoms with Gasteiger partial charge in [0.2, 0.25) is 0 Å². The van der Waals surface area contributed by atoms with Gasteiger partial charge in [-0.1, -0.05) is 35.5 Å². The summed E-state index contributed by atoms with van der Waals surface area (Å²) in [6, 6.07) is 15.5. The van der Waals surface area contributed by atoms with E-state index in [1.165, 1.54) is 52.7 Å². The number of para-hydroxylation sites is 1. The third-order valence-corrected chi connectivity index (χ3v) is 7.24. The second-order valence-corrected chi connectivity index (χ2v) is 9.17. The third kappa shape index (κ3) is 3.45. The largest absolute Gasteiger partial charge is 0.371 e. The zero-order valence-corrected chi connectivity index (χ0v) is 16.9. The summed E-state index contributed by atoms with van der Waals surface area (Å²) in [6.45, 7) is 1.84. The molecular formula is C22H24ClN3S. The van der Waals surface area contributed by atoms with E-state index in [2.05, 4.69) is 46.6 Å². The molecule has 0 spiro atoms. The lowest BCUT2D eigenvalue weighted by Crippen LogP contribution is -2.49. The van der Waals surface area contributed by atoms with Gasteiger partial charge in [0.1, 0.15) is 0 Å². The molecule has 0 unspecified atom stereocenters. The van der Waals surface area contributed by atoms with E-state index >= 15 is 0 Å². The smallest absolute Gasteiger partial charge is 0.0996 e. The number of rotatable bonds is 4. The molecule has 0 aromatic heterocycles.